The summed E-state index contributed by atoms with van der Waals surface area (Å²) in [6.07, 6.45) is 7.36. The number of hydrogen-bond donors (Lipinski definition) is 3. The van der Waals surface area contributed by atoms with Gasteiger partial charge in [0.15, 0.2) is 5.13 Å². The molecule has 1 fully saturated rings. The van der Waals surface area contributed by atoms with Crippen molar-refractivity contribution in [2.24, 2.45) is 12.2 Å². The van der Waals surface area contributed by atoms with Gasteiger partial charge in [-0.1, -0.05) is 22.6 Å². The second-order valence-corrected chi connectivity index (χ2v) is 10.6. The largest absolute Gasteiger partial charge is 0.477 e. The first-order valence-electron chi connectivity index (χ1n) is 10.5. The van der Waals surface area contributed by atoms with E-state index in [9.17, 15) is 23.9 Å². The highest BCUT2D eigenvalue weighted by atomic mass is 32.2. The number of alkyl halides is 1. The standard InChI is InChI=1S/C20H17FN8O5S3/c1-27-4-11-28(8-27)10(6-35-11)3-2-9-5-36-18-13(17(31)29(18)14(9)19(32)33)23-16(30)12(25-34-7-21)15-24-20(22)37-26-15/h2-4,6,8,13,18H,5,7H2,1H3,(H3-,22,23,24,26,30,32,33)/p+1/b3-2+,25-12-/t13-,18-/m1/s1. The number of carbonyl (C=O) groups excluding carboxylic acids is 2. The number of aromatic nitrogens is 4. The molecule has 3 aromatic heterocycles. The van der Waals surface area contributed by atoms with E-state index in [4.69, 9.17) is 5.73 Å². The van der Waals surface area contributed by atoms with E-state index in [1.54, 1.807) is 23.5 Å². The van der Waals surface area contributed by atoms with Crippen LogP contribution in [0.15, 0.2) is 40.4 Å². The maximum absolute atomic E-state index is 13.0. The minimum Gasteiger partial charge on any atom is -0.477 e. The molecule has 2 amide bonds. The molecular weight excluding hydrogens is 547 g/mol. The number of rotatable bonds is 8. The molecule has 2 aliphatic rings. The lowest BCUT2D eigenvalue weighted by molar-refractivity contribution is -0.669. The normalized spacial score (nSPS) is 19.9. The number of aryl methyl sites for hydroxylation is 1. The lowest BCUT2D eigenvalue weighted by atomic mass is 10.0. The van der Waals surface area contributed by atoms with Crippen LogP contribution in [0.25, 0.3) is 10.9 Å². The number of allylic oxidation sites excluding steroid dienone is 1. The maximum Gasteiger partial charge on any atom is 0.352 e. The molecule has 0 saturated carbocycles. The quantitative estimate of drug-likeness (QED) is 0.151. The number of anilines is 1. The van der Waals surface area contributed by atoms with E-state index in [1.165, 1.54) is 11.8 Å². The van der Waals surface area contributed by atoms with Crippen LogP contribution in [0.5, 0.6) is 0 Å². The van der Waals surface area contributed by atoms with Crippen molar-refractivity contribution in [1.29, 1.82) is 0 Å². The fourth-order valence-electron chi connectivity index (χ4n) is 3.86. The Bertz CT molecular complexity index is 1510. The van der Waals surface area contributed by atoms with Gasteiger partial charge in [0.2, 0.25) is 22.7 Å². The highest BCUT2D eigenvalue weighted by molar-refractivity contribution is 8.00. The van der Waals surface area contributed by atoms with Gasteiger partial charge < -0.3 is 21.0 Å². The molecule has 2 aliphatic heterocycles. The maximum atomic E-state index is 13.0. The summed E-state index contributed by atoms with van der Waals surface area (Å²) in [6, 6.07) is -1.04. The van der Waals surface area contributed by atoms with E-state index in [2.05, 4.69) is 24.7 Å². The highest BCUT2D eigenvalue weighted by Crippen LogP contribution is 2.41. The Kier molecular flexibility index (Phi) is 6.65. The number of carboxylic acids is 1. The van der Waals surface area contributed by atoms with E-state index >= 15 is 0 Å². The van der Waals surface area contributed by atoms with Crippen LogP contribution in [-0.2, 0) is 26.3 Å². The zero-order valence-electron chi connectivity index (χ0n) is 18.9. The molecule has 37 heavy (non-hydrogen) atoms. The summed E-state index contributed by atoms with van der Waals surface area (Å²) in [5, 5.41) is 17.1. The van der Waals surface area contributed by atoms with Crippen LogP contribution >= 0.6 is 34.6 Å². The summed E-state index contributed by atoms with van der Waals surface area (Å²) in [6.45, 7) is -1.30. The van der Waals surface area contributed by atoms with E-state index in [-0.39, 0.29) is 16.7 Å². The Labute approximate surface area is 219 Å². The van der Waals surface area contributed by atoms with Gasteiger partial charge in [0.05, 0.1) is 7.05 Å². The molecule has 4 N–H and O–H groups in total. The van der Waals surface area contributed by atoms with Crippen molar-refractivity contribution in [1.82, 2.24) is 24.0 Å². The van der Waals surface area contributed by atoms with Gasteiger partial charge in [0.25, 0.3) is 18.7 Å². The van der Waals surface area contributed by atoms with Crippen LogP contribution in [0.3, 0.4) is 0 Å². The molecule has 0 unspecified atom stereocenters. The van der Waals surface area contributed by atoms with Crippen molar-refractivity contribution in [3.63, 3.8) is 0 Å². The number of oxime groups is 1. The Morgan fingerprint density at radius 1 is 1.46 bits per heavy atom. The van der Waals surface area contributed by atoms with Gasteiger partial charge in [-0.05, 0) is 11.6 Å². The third-order valence-electron chi connectivity index (χ3n) is 5.44. The number of halogens is 1. The smallest absolute Gasteiger partial charge is 0.352 e. The Hall–Kier alpha value is -3.83. The number of thiazole rings is 1. The van der Waals surface area contributed by atoms with Crippen molar-refractivity contribution in [3.05, 3.63) is 46.8 Å². The molecule has 2 atom stereocenters. The van der Waals surface area contributed by atoms with Gasteiger partial charge in [-0.3, -0.25) is 14.5 Å². The molecule has 3 aromatic rings. The zero-order valence-corrected chi connectivity index (χ0v) is 21.3. The molecule has 13 nitrogen and oxygen atoms in total. The second-order valence-electron chi connectivity index (χ2n) is 7.79. The monoisotopic (exact) mass is 565 g/mol. The molecule has 0 aliphatic carbocycles. The lowest BCUT2D eigenvalue weighted by Gasteiger charge is -2.49. The van der Waals surface area contributed by atoms with Crippen LogP contribution in [0.2, 0.25) is 0 Å². The van der Waals surface area contributed by atoms with Crippen LogP contribution in [0.1, 0.15) is 11.5 Å². The molecule has 0 bridgehead atoms. The number of nitrogens with zero attached hydrogens (tertiary/aromatic N) is 6. The van der Waals surface area contributed by atoms with Crippen molar-refractivity contribution in [2.75, 3.05) is 18.3 Å². The molecule has 0 radical (unpaired) electrons. The number of nitrogen functional groups attached to an aromatic ring is 1. The summed E-state index contributed by atoms with van der Waals surface area (Å²) in [5.74, 6) is -2.65. The summed E-state index contributed by atoms with van der Waals surface area (Å²) in [4.78, 5) is 48.3. The number of nitrogens with one attached hydrogen (secondary N) is 1. The summed E-state index contributed by atoms with van der Waals surface area (Å²) >= 11 is 3.64. The molecular formula is C20H18FN8O5S3+. The van der Waals surface area contributed by atoms with Crippen LogP contribution in [0.4, 0.5) is 9.52 Å². The van der Waals surface area contributed by atoms with Crippen molar-refractivity contribution < 1.29 is 33.3 Å². The molecule has 0 aromatic carbocycles. The number of hydrogen-bond acceptors (Lipinski definition) is 11. The minimum atomic E-state index is -1.30. The molecule has 192 valence electrons. The Morgan fingerprint density at radius 3 is 2.97 bits per heavy atom. The number of thioether (sulfide) groups is 1. The zero-order chi connectivity index (χ0) is 26.3. The summed E-state index contributed by atoms with van der Waals surface area (Å²) in [7, 11) is 1.91. The number of nitrogens with two attached hydrogens (primary N) is 1. The number of carbonyl (C=O) groups is 3. The molecule has 17 heteroatoms. The topological polar surface area (TPSA) is 168 Å². The summed E-state index contributed by atoms with van der Waals surface area (Å²) < 4.78 is 20.2. The summed E-state index contributed by atoms with van der Waals surface area (Å²) in [5.41, 5.74) is 6.26. The average Bonchev–Trinajstić information content (AvgIpc) is 3.56. The van der Waals surface area contributed by atoms with Gasteiger partial charge in [0.1, 0.15) is 29.0 Å². The molecule has 5 heterocycles. The first kappa shape index (κ1) is 24.8. The molecule has 1 saturated heterocycles. The number of fused-ring (bicyclic) bond motifs is 2. The first-order chi connectivity index (χ1) is 17.8. The number of aliphatic carboxylic acids is 1. The van der Waals surface area contributed by atoms with Gasteiger partial charge in [-0.15, -0.1) is 11.8 Å². The third-order valence-corrected chi connectivity index (χ3v) is 8.19. The van der Waals surface area contributed by atoms with Gasteiger partial charge in [-0.2, -0.15) is 13.8 Å². The van der Waals surface area contributed by atoms with E-state index in [0.717, 1.165) is 27.0 Å². The third kappa shape index (κ3) is 4.56. The fourth-order valence-corrected chi connectivity index (χ4v) is 6.54. The molecule has 0 spiro atoms. The van der Waals surface area contributed by atoms with E-state index in [0.29, 0.717) is 11.3 Å². The average molecular weight is 566 g/mol. The minimum absolute atomic E-state index is 0.0511. The predicted molar refractivity (Wildman–Crippen MR) is 133 cm³/mol. The first-order valence-corrected chi connectivity index (χ1v) is 13.2. The number of amides is 2. The van der Waals surface area contributed by atoms with E-state index in [1.807, 2.05) is 33.9 Å². The van der Waals surface area contributed by atoms with E-state index < -0.39 is 41.8 Å². The van der Waals surface area contributed by atoms with Gasteiger partial charge in [-0.25, -0.2) is 13.8 Å². The van der Waals surface area contributed by atoms with Crippen LogP contribution in [0, 0.1) is 0 Å². The highest BCUT2D eigenvalue weighted by Gasteiger charge is 2.54. The van der Waals surface area contributed by atoms with Crippen LogP contribution in [-0.4, -0.2) is 71.3 Å². The van der Waals surface area contributed by atoms with Crippen molar-refractivity contribution in [2.45, 2.75) is 11.4 Å². The second kappa shape index (κ2) is 9.91. The molecule has 5 rings (SSSR count). The predicted octanol–water partition coefficient (Wildman–Crippen LogP) is 0.359. The SMILES string of the molecule is C[n+]1cc2scc(/C=C/C3=C(C(=O)O)N4C(=O)[C@@H](NC(=O)/C(=N\OCF)c5nsc(N)n5)[C@H]4SC3)n2c1. The van der Waals surface area contributed by atoms with Crippen molar-refractivity contribution in [3.8, 4) is 0 Å². The van der Waals surface area contributed by atoms with Gasteiger partial charge >= 0.3 is 5.97 Å². The van der Waals surface area contributed by atoms with Crippen molar-refractivity contribution >= 4 is 74.2 Å². The Balaban J connectivity index is 1.36. The number of carboxylic acid groups (broad SMARTS) is 1. The van der Waals surface area contributed by atoms with Crippen LogP contribution < -0.4 is 15.6 Å². The fraction of sp³-hybridized carbons (Fsp3) is 0.250. The number of imidazole rings is 1. The lowest BCUT2D eigenvalue weighted by Crippen LogP contribution is -2.71. The Morgan fingerprint density at radius 2 is 2.27 bits per heavy atom. The van der Waals surface area contributed by atoms with Gasteiger partial charge in [0, 0.05) is 22.7 Å². The number of β-lactam (4-membered cyclic amide) rings is 1.